The van der Waals surface area contributed by atoms with Gasteiger partial charge in [-0.1, -0.05) is 0 Å². The van der Waals surface area contributed by atoms with Crippen LogP contribution in [0.5, 0.6) is 0 Å². The van der Waals surface area contributed by atoms with Crippen molar-refractivity contribution in [2.24, 2.45) is 17.4 Å². The molecule has 0 atom stereocenters. The van der Waals surface area contributed by atoms with Crippen molar-refractivity contribution in [2.45, 2.75) is 0 Å². The third-order valence-corrected chi connectivity index (χ3v) is 0.311. The molecule has 0 aromatic heterocycles. The topological polar surface area (TPSA) is 106 Å². The lowest BCUT2D eigenvalue weighted by molar-refractivity contribution is -0.833. The van der Waals surface area contributed by atoms with E-state index >= 15 is 0 Å². The van der Waals surface area contributed by atoms with Crippen LogP contribution in [0.4, 0.5) is 0 Å². The second-order valence-electron chi connectivity index (χ2n) is 0.869. The maximum atomic E-state index is 6.44. The van der Waals surface area contributed by atoms with E-state index < -0.39 is 0 Å². The summed E-state index contributed by atoms with van der Waals surface area (Å²) in [5.41, 5.74) is 4.73. The zero-order valence-corrected chi connectivity index (χ0v) is 4.46. The van der Waals surface area contributed by atoms with Crippen LogP contribution in [-0.2, 0) is 0 Å². The van der Waals surface area contributed by atoms with Crippen LogP contribution >= 0.6 is 12.4 Å². The normalized spacial score (nSPS) is 7.86. The molecule has 0 fully saturated rings. The number of halogens is 1. The SMILES string of the molecule is Cl.N=C(N)[NH+](N)N. The van der Waals surface area contributed by atoms with Gasteiger partial charge in [0.1, 0.15) is 0 Å². The molecule has 0 spiro atoms. The fraction of sp³-hybridized carbons (Fsp3) is 0. The van der Waals surface area contributed by atoms with E-state index in [1.165, 1.54) is 0 Å². The van der Waals surface area contributed by atoms with Gasteiger partial charge in [-0.05, 0) is 0 Å². The van der Waals surface area contributed by atoms with E-state index in [4.69, 9.17) is 22.8 Å². The summed E-state index contributed by atoms with van der Waals surface area (Å²) in [6, 6.07) is 0. The minimum Gasteiger partial charge on any atom is -0.335 e. The standard InChI is InChI=1S/CH7N5.ClH/c2-1(3)6(4)5;/h4-5H2,(H3,2,3);1H/p+1. The molecule has 0 aliphatic heterocycles. The Morgan fingerprint density at radius 2 is 1.57 bits per heavy atom. The second-order valence-corrected chi connectivity index (χ2v) is 0.869. The lowest BCUT2D eigenvalue weighted by Gasteiger charge is -1.96. The Kier molecular flexibility index (Phi) is 5.35. The van der Waals surface area contributed by atoms with Crippen molar-refractivity contribution < 1.29 is 5.12 Å². The van der Waals surface area contributed by atoms with Crippen molar-refractivity contribution in [1.29, 1.82) is 5.41 Å². The molecule has 0 aliphatic rings. The molecule has 0 amide bonds. The van der Waals surface area contributed by atoms with E-state index in [0.29, 0.717) is 0 Å². The van der Waals surface area contributed by atoms with Crippen LogP contribution in [0.3, 0.4) is 0 Å². The number of hydrogen-bond donors (Lipinski definition) is 5. The number of nitrogens with two attached hydrogens (primary N) is 3. The molecule has 0 rings (SSSR count). The van der Waals surface area contributed by atoms with Gasteiger partial charge in [0.25, 0.3) is 0 Å². The number of quaternary nitrogens is 1. The summed E-state index contributed by atoms with van der Waals surface area (Å²) in [5.74, 6) is 9.29. The minimum absolute atomic E-state index is 0. The maximum Gasteiger partial charge on any atom is 0.330 e. The Bertz CT molecular complexity index is 59.1. The fourth-order valence-corrected chi connectivity index (χ4v) is 0. The Morgan fingerprint density at radius 1 is 1.43 bits per heavy atom. The highest BCUT2D eigenvalue weighted by atomic mass is 35.5. The van der Waals surface area contributed by atoms with Crippen LogP contribution in [0.15, 0.2) is 0 Å². The van der Waals surface area contributed by atoms with E-state index in [1.54, 1.807) is 0 Å². The van der Waals surface area contributed by atoms with E-state index in [2.05, 4.69) is 0 Å². The molecule has 0 heterocycles. The summed E-state index contributed by atoms with van der Waals surface area (Å²) in [7, 11) is 0. The van der Waals surface area contributed by atoms with Crippen LogP contribution in [0.1, 0.15) is 0 Å². The number of nitrogens with one attached hydrogen (secondary N) is 2. The van der Waals surface area contributed by atoms with Gasteiger partial charge in [-0.15, -0.1) is 17.5 Å². The molecule has 0 aromatic rings. The first-order valence-corrected chi connectivity index (χ1v) is 1.37. The molecule has 0 bridgehead atoms. The summed E-state index contributed by atoms with van der Waals surface area (Å²) in [5, 5.41) is 6.31. The highest BCUT2D eigenvalue weighted by molar-refractivity contribution is 5.85. The van der Waals surface area contributed by atoms with Crippen molar-refractivity contribution in [2.75, 3.05) is 0 Å². The Hall–Kier alpha value is -0.360. The molecule has 8 N–H and O–H groups in total. The Labute approximate surface area is 47.3 Å². The predicted molar refractivity (Wildman–Crippen MR) is 28.5 cm³/mol. The number of guanidine groups is 1. The highest BCUT2D eigenvalue weighted by Gasteiger charge is 1.93. The van der Waals surface area contributed by atoms with Crippen LogP contribution in [0.25, 0.3) is 0 Å². The first-order valence-electron chi connectivity index (χ1n) is 1.37. The molecule has 0 saturated heterocycles. The molecule has 0 unspecified atom stereocenters. The van der Waals surface area contributed by atoms with Gasteiger partial charge >= 0.3 is 5.96 Å². The van der Waals surface area contributed by atoms with Gasteiger partial charge in [0.2, 0.25) is 0 Å². The van der Waals surface area contributed by atoms with Crippen LogP contribution in [0, 0.1) is 5.41 Å². The number of hydrogen-bond acceptors (Lipinski definition) is 3. The van der Waals surface area contributed by atoms with E-state index in [1.807, 2.05) is 0 Å². The maximum absolute atomic E-state index is 6.44. The third kappa shape index (κ3) is 5.64. The van der Waals surface area contributed by atoms with Crippen molar-refractivity contribution >= 4 is 18.4 Å². The van der Waals surface area contributed by atoms with Crippen molar-refractivity contribution in [3.05, 3.63) is 0 Å². The second kappa shape index (κ2) is 3.82. The molecule has 44 valence electrons. The molecule has 0 aromatic carbocycles. The quantitative estimate of drug-likeness (QED) is 0.103. The van der Waals surface area contributed by atoms with Crippen LogP contribution in [-0.4, -0.2) is 5.96 Å². The largest absolute Gasteiger partial charge is 0.335 e. The number of rotatable bonds is 0. The average molecular weight is 127 g/mol. The average Bonchev–Trinajstić information content (AvgIpc) is 1.36. The fourth-order valence-electron chi connectivity index (χ4n) is 0. The molecular weight excluding hydrogens is 117 g/mol. The van der Waals surface area contributed by atoms with Gasteiger partial charge in [0.05, 0.1) is 0 Å². The monoisotopic (exact) mass is 126 g/mol. The smallest absolute Gasteiger partial charge is 0.330 e. The summed E-state index contributed by atoms with van der Waals surface area (Å²) >= 11 is 0. The molecule has 6 heteroatoms. The van der Waals surface area contributed by atoms with Crippen LogP contribution in [0.2, 0.25) is 0 Å². The van der Waals surface area contributed by atoms with Gasteiger partial charge in [-0.3, -0.25) is 0 Å². The summed E-state index contributed by atoms with van der Waals surface area (Å²) < 4.78 is 0. The zero-order valence-electron chi connectivity index (χ0n) is 3.64. The van der Waals surface area contributed by atoms with E-state index in [-0.39, 0.29) is 23.5 Å². The van der Waals surface area contributed by atoms with E-state index in [0.717, 1.165) is 0 Å². The first kappa shape index (κ1) is 9.81. The third-order valence-electron chi connectivity index (χ3n) is 0.311. The van der Waals surface area contributed by atoms with Crippen molar-refractivity contribution in [1.82, 2.24) is 0 Å². The molecule has 0 radical (unpaired) electrons. The summed E-state index contributed by atoms with van der Waals surface area (Å²) in [6.45, 7) is 0. The zero-order chi connectivity index (χ0) is 5.15. The lowest BCUT2D eigenvalue weighted by atomic mass is 11.1. The summed E-state index contributed by atoms with van der Waals surface area (Å²) in [4.78, 5) is 0. The highest BCUT2D eigenvalue weighted by Crippen LogP contribution is 1.13. The van der Waals surface area contributed by atoms with Crippen LogP contribution < -0.4 is 22.5 Å². The van der Waals surface area contributed by atoms with E-state index in [9.17, 15) is 0 Å². The summed E-state index contributed by atoms with van der Waals surface area (Å²) in [6.07, 6.45) is 0. The Morgan fingerprint density at radius 3 is 1.57 bits per heavy atom. The molecule has 0 aliphatic carbocycles. The lowest BCUT2D eigenvalue weighted by Crippen LogP contribution is -3.26. The predicted octanol–water partition coefficient (Wildman–Crippen LogP) is -3.07. The van der Waals surface area contributed by atoms with Gasteiger partial charge < -0.3 is 5.73 Å². The molecule has 5 nitrogen and oxygen atoms in total. The van der Waals surface area contributed by atoms with Gasteiger partial charge in [-0.25, -0.2) is 5.41 Å². The molecule has 7 heavy (non-hydrogen) atoms. The van der Waals surface area contributed by atoms with Gasteiger partial charge in [0.15, 0.2) is 0 Å². The van der Waals surface area contributed by atoms with Crippen molar-refractivity contribution in [3.63, 3.8) is 0 Å². The Balaban J connectivity index is 0. The van der Waals surface area contributed by atoms with Gasteiger partial charge in [-0.2, -0.15) is 11.7 Å². The molecule has 0 saturated carbocycles. The minimum atomic E-state index is -0.269. The molecular formula is CH9ClN5+. The first-order chi connectivity index (χ1) is 2.64. The van der Waals surface area contributed by atoms with Gasteiger partial charge in [0, 0.05) is 0 Å². The van der Waals surface area contributed by atoms with Crippen molar-refractivity contribution in [3.8, 4) is 0 Å².